The average molecular weight is 230 g/mol. The van der Waals surface area contributed by atoms with E-state index in [0.29, 0.717) is 18.9 Å². The molecule has 0 aromatic carbocycles. The molecule has 82 valence electrons. The van der Waals surface area contributed by atoms with Gasteiger partial charge in [-0.15, -0.1) is 0 Å². The third kappa shape index (κ3) is 8.49. The fraction of sp³-hybridized carbons (Fsp3) is 1.00. The molecule has 0 unspecified atom stereocenters. The van der Waals surface area contributed by atoms with Crippen LogP contribution in [0.15, 0.2) is 0 Å². The van der Waals surface area contributed by atoms with E-state index in [4.69, 9.17) is 4.52 Å². The molecule has 14 heavy (non-hydrogen) atoms. The monoisotopic (exact) mass is 230 g/mol. The molecule has 0 saturated heterocycles. The van der Waals surface area contributed by atoms with Gasteiger partial charge in [-0.1, -0.05) is 40.0 Å². The van der Waals surface area contributed by atoms with Gasteiger partial charge in [-0.2, -0.15) is 0 Å². The average Bonchev–Trinajstić information content (AvgIpc) is 2.17. The van der Waals surface area contributed by atoms with E-state index in [9.17, 15) is 4.57 Å². The van der Waals surface area contributed by atoms with E-state index in [0.717, 1.165) is 6.42 Å². The summed E-state index contributed by atoms with van der Waals surface area (Å²) in [5.74, 6) is 0. The Morgan fingerprint density at radius 1 is 1.00 bits per heavy atom. The van der Waals surface area contributed by atoms with Gasteiger partial charge < -0.3 is 4.52 Å². The van der Waals surface area contributed by atoms with Gasteiger partial charge in [0.15, 0.2) is 0 Å². The second kappa shape index (κ2) is 10.7. The summed E-state index contributed by atoms with van der Waals surface area (Å²) in [6, 6.07) is 0. The first-order valence-corrected chi connectivity index (χ1v) is 7.40. The molecular weight excluding hydrogens is 206 g/mol. The molecule has 0 fully saturated rings. The molecule has 0 aromatic heterocycles. The number of hydrogen-bond donors (Lipinski definition) is 0. The van der Waals surface area contributed by atoms with Gasteiger partial charge in [-0.05, 0) is 6.42 Å². The summed E-state index contributed by atoms with van der Waals surface area (Å²) in [7, 11) is -2.23. The third-order valence-electron chi connectivity index (χ3n) is 2.29. The SMILES string of the molecule is CCCCCCOP(=O)(CC)CC.[NaH]. The predicted molar refractivity (Wildman–Crippen MR) is 65.9 cm³/mol. The van der Waals surface area contributed by atoms with Gasteiger partial charge in [0, 0.05) is 12.3 Å². The van der Waals surface area contributed by atoms with Crippen LogP contribution >= 0.6 is 7.37 Å². The topological polar surface area (TPSA) is 26.3 Å². The van der Waals surface area contributed by atoms with Crippen molar-refractivity contribution in [2.24, 2.45) is 0 Å². The molecule has 0 radical (unpaired) electrons. The van der Waals surface area contributed by atoms with Gasteiger partial charge in [0.1, 0.15) is 0 Å². The van der Waals surface area contributed by atoms with E-state index in [2.05, 4.69) is 6.92 Å². The number of rotatable bonds is 8. The van der Waals surface area contributed by atoms with E-state index >= 15 is 0 Å². The van der Waals surface area contributed by atoms with E-state index in [1.54, 1.807) is 0 Å². The fourth-order valence-electron chi connectivity index (χ4n) is 1.17. The summed E-state index contributed by atoms with van der Waals surface area (Å²) < 4.78 is 17.2. The van der Waals surface area contributed by atoms with E-state index in [-0.39, 0.29) is 29.6 Å². The molecule has 2 nitrogen and oxygen atoms in total. The molecule has 0 aromatic rings. The summed E-state index contributed by atoms with van der Waals surface area (Å²) in [5, 5.41) is 0. The molecule has 0 aliphatic carbocycles. The van der Waals surface area contributed by atoms with E-state index in [1.165, 1.54) is 19.3 Å². The molecule has 0 atom stereocenters. The van der Waals surface area contributed by atoms with Crippen LogP contribution in [-0.4, -0.2) is 48.5 Å². The second-order valence-corrected chi connectivity index (χ2v) is 6.49. The molecule has 0 heterocycles. The Kier molecular flexibility index (Phi) is 13.4. The van der Waals surface area contributed by atoms with Crippen LogP contribution in [0.1, 0.15) is 46.5 Å². The van der Waals surface area contributed by atoms with Crippen LogP contribution in [0.5, 0.6) is 0 Å². The van der Waals surface area contributed by atoms with Crippen LogP contribution < -0.4 is 0 Å². The first-order valence-electron chi connectivity index (χ1n) is 5.41. The Labute approximate surface area is 111 Å². The second-order valence-electron chi connectivity index (χ2n) is 3.34. The Morgan fingerprint density at radius 2 is 1.57 bits per heavy atom. The summed E-state index contributed by atoms with van der Waals surface area (Å²) in [4.78, 5) is 0. The maximum atomic E-state index is 11.8. The van der Waals surface area contributed by atoms with Gasteiger partial charge in [-0.3, -0.25) is 4.57 Å². The Morgan fingerprint density at radius 3 is 2.00 bits per heavy atom. The first kappa shape index (κ1) is 17.6. The summed E-state index contributed by atoms with van der Waals surface area (Å²) in [5.41, 5.74) is 0. The molecule has 0 bridgehead atoms. The molecule has 0 spiro atoms. The van der Waals surface area contributed by atoms with Crippen LogP contribution in [0.3, 0.4) is 0 Å². The summed E-state index contributed by atoms with van der Waals surface area (Å²) in [6.07, 6.45) is 6.10. The van der Waals surface area contributed by atoms with E-state index < -0.39 is 7.37 Å². The van der Waals surface area contributed by atoms with Crippen molar-refractivity contribution in [1.29, 1.82) is 0 Å². The predicted octanol–water partition coefficient (Wildman–Crippen LogP) is 3.25. The molecule has 0 amide bonds. The molecule has 0 saturated carbocycles. The Balaban J connectivity index is 0. The van der Waals surface area contributed by atoms with Gasteiger partial charge in [0.05, 0.1) is 6.61 Å². The Hall–Kier alpha value is 1.19. The van der Waals surface area contributed by atoms with Crippen molar-refractivity contribution in [2.45, 2.75) is 46.5 Å². The molecule has 0 N–H and O–H groups in total. The van der Waals surface area contributed by atoms with E-state index in [1.807, 2.05) is 13.8 Å². The van der Waals surface area contributed by atoms with Gasteiger partial charge in [0.25, 0.3) is 0 Å². The molecule has 0 aliphatic rings. The first-order chi connectivity index (χ1) is 6.18. The minimum absolute atomic E-state index is 0. The zero-order chi connectivity index (χ0) is 10.2. The van der Waals surface area contributed by atoms with Gasteiger partial charge >= 0.3 is 29.6 Å². The van der Waals surface area contributed by atoms with Crippen LogP contribution in [0.2, 0.25) is 0 Å². The molecule has 0 rings (SSSR count). The molecule has 0 aliphatic heterocycles. The summed E-state index contributed by atoms with van der Waals surface area (Å²) in [6.45, 7) is 6.75. The van der Waals surface area contributed by atoms with Crippen molar-refractivity contribution in [1.82, 2.24) is 0 Å². The molecular formula is C10H24NaO2P. The zero-order valence-electron chi connectivity index (χ0n) is 9.21. The normalized spacial score (nSPS) is 11.1. The van der Waals surface area contributed by atoms with Gasteiger partial charge in [0.2, 0.25) is 7.37 Å². The minimum atomic E-state index is -2.23. The van der Waals surface area contributed by atoms with Crippen LogP contribution in [0.4, 0.5) is 0 Å². The number of hydrogen-bond acceptors (Lipinski definition) is 2. The standard InChI is InChI=1S/C10H23O2P.Na.H/c1-4-7-8-9-10-12-13(11,5-2)6-3;;/h4-10H2,1-3H3;;. The van der Waals surface area contributed by atoms with Crippen LogP contribution in [-0.2, 0) is 9.09 Å². The van der Waals surface area contributed by atoms with Crippen LogP contribution in [0, 0.1) is 0 Å². The maximum absolute atomic E-state index is 11.8. The molecule has 4 heteroatoms. The van der Waals surface area contributed by atoms with Crippen molar-refractivity contribution >= 4 is 36.9 Å². The fourth-order valence-corrected chi connectivity index (χ4v) is 2.44. The zero-order valence-corrected chi connectivity index (χ0v) is 10.1. The van der Waals surface area contributed by atoms with Crippen molar-refractivity contribution in [3.63, 3.8) is 0 Å². The van der Waals surface area contributed by atoms with Crippen molar-refractivity contribution in [2.75, 3.05) is 18.9 Å². The van der Waals surface area contributed by atoms with Gasteiger partial charge in [-0.25, -0.2) is 0 Å². The quantitative estimate of drug-likeness (QED) is 0.363. The Bertz CT molecular complexity index is 154. The summed E-state index contributed by atoms with van der Waals surface area (Å²) >= 11 is 0. The van der Waals surface area contributed by atoms with Crippen LogP contribution in [0.25, 0.3) is 0 Å². The van der Waals surface area contributed by atoms with Crippen molar-refractivity contribution < 1.29 is 9.09 Å². The number of unbranched alkanes of at least 4 members (excludes halogenated alkanes) is 3. The third-order valence-corrected chi connectivity index (χ3v) is 4.87. The van der Waals surface area contributed by atoms with Crippen molar-refractivity contribution in [3.05, 3.63) is 0 Å². The van der Waals surface area contributed by atoms with Crippen molar-refractivity contribution in [3.8, 4) is 0 Å².